The number of halogens is 1. The van der Waals surface area contributed by atoms with Gasteiger partial charge in [0.05, 0.1) is 12.4 Å². The maximum absolute atomic E-state index is 14.1. The molecular formula is C28H28FN9O. The molecule has 0 radical (unpaired) electrons. The molecule has 2 aliphatic rings. The van der Waals surface area contributed by atoms with Crippen molar-refractivity contribution in [3.63, 3.8) is 0 Å². The molecule has 10 nitrogen and oxygen atoms in total. The van der Waals surface area contributed by atoms with E-state index >= 15 is 0 Å². The highest BCUT2D eigenvalue weighted by Crippen LogP contribution is 2.31. The van der Waals surface area contributed by atoms with Gasteiger partial charge >= 0.3 is 0 Å². The summed E-state index contributed by atoms with van der Waals surface area (Å²) in [6, 6.07) is 9.79. The Morgan fingerprint density at radius 2 is 1.95 bits per heavy atom. The highest BCUT2D eigenvalue weighted by Gasteiger charge is 2.27. The topological polar surface area (TPSA) is 107 Å². The molecule has 1 saturated heterocycles. The molecular weight excluding hydrogens is 497 g/mol. The number of nitrogens with zero attached hydrogens (tertiary/aromatic N) is 7. The minimum Gasteiger partial charge on any atom is -0.358 e. The Kier molecular flexibility index (Phi) is 5.73. The zero-order chi connectivity index (χ0) is 26.5. The average molecular weight is 526 g/mol. The van der Waals surface area contributed by atoms with E-state index in [2.05, 4.69) is 48.5 Å². The molecule has 0 bridgehead atoms. The van der Waals surface area contributed by atoms with E-state index in [0.29, 0.717) is 35.8 Å². The standard InChI is InChI=1S/C28H28FN9O/c1-36-8-10-37(11-9-36)27(39)22-16-31-38-26(22)34-25(17-12-18(29)15-30-14-17)35-28(38)32-19-6-7-24-21(13-19)20-4-2-3-5-23(20)33-24/h2-5,12,14-16,19,33H,6-11,13H2,1H3,(H,32,34,35)/t19-/m1/s1. The van der Waals surface area contributed by atoms with Gasteiger partial charge in [0, 0.05) is 60.6 Å². The van der Waals surface area contributed by atoms with Gasteiger partial charge in [0.15, 0.2) is 11.5 Å². The van der Waals surface area contributed by atoms with Gasteiger partial charge < -0.3 is 20.1 Å². The smallest absolute Gasteiger partial charge is 0.259 e. The van der Waals surface area contributed by atoms with Gasteiger partial charge in [0.1, 0.15) is 11.4 Å². The summed E-state index contributed by atoms with van der Waals surface area (Å²) < 4.78 is 15.7. The summed E-state index contributed by atoms with van der Waals surface area (Å²) in [5.74, 6) is 0.151. The zero-order valence-electron chi connectivity index (χ0n) is 21.6. The van der Waals surface area contributed by atoms with E-state index in [1.165, 1.54) is 28.9 Å². The van der Waals surface area contributed by atoms with Crippen LogP contribution in [0.25, 0.3) is 27.9 Å². The second-order valence-electron chi connectivity index (χ2n) is 10.4. The Morgan fingerprint density at radius 3 is 2.79 bits per heavy atom. The molecule has 0 unspecified atom stereocenters. The molecule has 5 heterocycles. The average Bonchev–Trinajstić information content (AvgIpc) is 3.55. The van der Waals surface area contributed by atoms with Crippen molar-refractivity contribution in [2.24, 2.45) is 0 Å². The number of carbonyl (C=O) groups excluding carboxylic acids is 1. The summed E-state index contributed by atoms with van der Waals surface area (Å²) in [7, 11) is 2.05. The number of carbonyl (C=O) groups is 1. The Bertz CT molecular complexity index is 1700. The van der Waals surface area contributed by atoms with Crippen LogP contribution in [0.3, 0.4) is 0 Å². The number of hydrogen-bond acceptors (Lipinski definition) is 7. The Hall–Kier alpha value is -4.38. The van der Waals surface area contributed by atoms with Crippen LogP contribution in [-0.2, 0) is 12.8 Å². The van der Waals surface area contributed by atoms with Crippen LogP contribution in [-0.4, -0.2) is 84.5 Å². The van der Waals surface area contributed by atoms with Crippen molar-refractivity contribution < 1.29 is 9.18 Å². The van der Waals surface area contributed by atoms with Crippen molar-refractivity contribution in [3.8, 4) is 11.4 Å². The number of H-pyrrole nitrogens is 1. The first-order chi connectivity index (χ1) is 19.0. The Labute approximate surface area is 223 Å². The number of nitrogens with one attached hydrogen (secondary N) is 2. The molecule has 1 amide bonds. The molecule has 4 aromatic heterocycles. The number of pyridine rings is 1. The molecule has 198 valence electrons. The Balaban J connectivity index is 1.27. The van der Waals surface area contributed by atoms with E-state index < -0.39 is 5.82 Å². The molecule has 39 heavy (non-hydrogen) atoms. The van der Waals surface area contributed by atoms with Crippen LogP contribution in [0.1, 0.15) is 28.0 Å². The van der Waals surface area contributed by atoms with Gasteiger partial charge in [0.25, 0.3) is 5.91 Å². The molecule has 1 aliphatic heterocycles. The largest absolute Gasteiger partial charge is 0.358 e. The van der Waals surface area contributed by atoms with Gasteiger partial charge in [-0.2, -0.15) is 14.6 Å². The first-order valence-electron chi connectivity index (χ1n) is 13.2. The molecule has 1 aromatic carbocycles. The van der Waals surface area contributed by atoms with Crippen LogP contribution < -0.4 is 5.32 Å². The molecule has 1 aliphatic carbocycles. The fourth-order valence-corrected chi connectivity index (χ4v) is 5.64. The van der Waals surface area contributed by atoms with Crippen molar-refractivity contribution in [1.29, 1.82) is 0 Å². The Morgan fingerprint density at radius 1 is 1.10 bits per heavy atom. The van der Waals surface area contributed by atoms with E-state index in [0.717, 1.165) is 44.1 Å². The molecule has 1 fully saturated rings. The van der Waals surface area contributed by atoms with Crippen LogP contribution >= 0.6 is 0 Å². The number of piperazine rings is 1. The second-order valence-corrected chi connectivity index (χ2v) is 10.4. The van der Waals surface area contributed by atoms with Crippen LogP contribution in [0.2, 0.25) is 0 Å². The van der Waals surface area contributed by atoms with Crippen LogP contribution in [0.15, 0.2) is 48.9 Å². The number of aromatic nitrogens is 6. The van der Waals surface area contributed by atoms with E-state index in [1.807, 2.05) is 18.0 Å². The summed E-state index contributed by atoms with van der Waals surface area (Å²) in [6.07, 6.45) is 6.84. The third kappa shape index (κ3) is 4.28. The molecule has 2 N–H and O–H groups in total. The summed E-state index contributed by atoms with van der Waals surface area (Å²) in [5.41, 5.74) is 4.95. The number of fused-ring (bicyclic) bond motifs is 4. The number of aromatic amines is 1. The van der Waals surface area contributed by atoms with Gasteiger partial charge in [-0.3, -0.25) is 9.78 Å². The molecule has 0 spiro atoms. The summed E-state index contributed by atoms with van der Waals surface area (Å²) >= 11 is 0. The van der Waals surface area contributed by atoms with Crippen molar-refractivity contribution >= 4 is 28.4 Å². The predicted octanol–water partition coefficient (Wildman–Crippen LogP) is 3.16. The lowest BCUT2D eigenvalue weighted by molar-refractivity contribution is 0.0666. The van der Waals surface area contributed by atoms with E-state index in [1.54, 1.807) is 10.7 Å². The third-order valence-electron chi connectivity index (χ3n) is 7.78. The summed E-state index contributed by atoms with van der Waals surface area (Å²) in [6.45, 7) is 2.89. The van der Waals surface area contributed by atoms with Gasteiger partial charge in [-0.1, -0.05) is 18.2 Å². The molecule has 7 rings (SSSR count). The zero-order valence-corrected chi connectivity index (χ0v) is 21.6. The number of anilines is 1. The highest BCUT2D eigenvalue weighted by molar-refractivity contribution is 6.00. The van der Waals surface area contributed by atoms with E-state index in [4.69, 9.17) is 4.98 Å². The number of likely N-dealkylation sites (N-methyl/N-ethyl adjacent to an activating group) is 1. The highest BCUT2D eigenvalue weighted by atomic mass is 19.1. The summed E-state index contributed by atoms with van der Waals surface area (Å²) in [5, 5.41) is 9.33. The van der Waals surface area contributed by atoms with Crippen molar-refractivity contribution in [1.82, 2.24) is 39.3 Å². The van der Waals surface area contributed by atoms with Gasteiger partial charge in [-0.25, -0.2) is 9.37 Å². The van der Waals surface area contributed by atoms with E-state index in [9.17, 15) is 9.18 Å². The maximum atomic E-state index is 14.1. The van der Waals surface area contributed by atoms with Gasteiger partial charge in [-0.15, -0.1) is 0 Å². The first-order valence-corrected chi connectivity index (χ1v) is 13.2. The van der Waals surface area contributed by atoms with Crippen LogP contribution in [0.4, 0.5) is 10.3 Å². The molecule has 5 aromatic rings. The number of rotatable bonds is 4. The van der Waals surface area contributed by atoms with Crippen LogP contribution in [0, 0.1) is 5.82 Å². The number of amides is 1. The predicted molar refractivity (Wildman–Crippen MR) is 145 cm³/mol. The van der Waals surface area contributed by atoms with E-state index in [-0.39, 0.29) is 17.8 Å². The SMILES string of the molecule is CN1CCN(C(=O)c2cnn3c(N[C@@H]4CCc5[nH]c6ccccc6c5C4)nc(-c4cncc(F)c4)nc23)CC1. The fraction of sp³-hybridized carbons (Fsp3) is 0.321. The van der Waals surface area contributed by atoms with Gasteiger partial charge in [-0.05, 0) is 44.0 Å². The molecule has 1 atom stereocenters. The van der Waals surface area contributed by atoms with Crippen molar-refractivity contribution in [2.45, 2.75) is 25.3 Å². The molecule has 11 heteroatoms. The van der Waals surface area contributed by atoms with Gasteiger partial charge in [0.2, 0.25) is 5.95 Å². The number of benzene rings is 1. The third-order valence-corrected chi connectivity index (χ3v) is 7.78. The minimum absolute atomic E-state index is 0.0919. The van der Waals surface area contributed by atoms with Crippen molar-refractivity contribution in [2.75, 3.05) is 38.5 Å². The lowest BCUT2D eigenvalue weighted by atomic mass is 9.91. The quantitative estimate of drug-likeness (QED) is 0.371. The normalized spacial score (nSPS) is 18.0. The lowest BCUT2D eigenvalue weighted by Gasteiger charge is -2.32. The first kappa shape index (κ1) is 23.7. The number of para-hydroxylation sites is 1. The van der Waals surface area contributed by atoms with Crippen LogP contribution in [0.5, 0.6) is 0 Å². The minimum atomic E-state index is -0.480. The second kappa shape index (κ2) is 9.42. The summed E-state index contributed by atoms with van der Waals surface area (Å²) in [4.78, 5) is 34.5. The fourth-order valence-electron chi connectivity index (χ4n) is 5.64. The van der Waals surface area contributed by atoms with Crippen molar-refractivity contribution in [3.05, 3.63) is 71.6 Å². The number of hydrogen-bond donors (Lipinski definition) is 2. The maximum Gasteiger partial charge on any atom is 0.259 e. The number of aryl methyl sites for hydroxylation is 1. The molecule has 0 saturated carbocycles. The lowest BCUT2D eigenvalue weighted by Crippen LogP contribution is -2.47. The monoisotopic (exact) mass is 525 g/mol.